The van der Waals surface area contributed by atoms with Crippen LogP contribution in [-0.2, 0) is 9.53 Å². The van der Waals surface area contributed by atoms with Crippen molar-refractivity contribution in [3.05, 3.63) is 0 Å². The second-order valence-corrected chi connectivity index (χ2v) is 5.74. The van der Waals surface area contributed by atoms with Crippen LogP contribution in [-0.4, -0.2) is 50.7 Å². The van der Waals surface area contributed by atoms with Crippen molar-refractivity contribution >= 4 is 5.91 Å². The number of carbonyl (C=O) groups is 1. The topological polar surface area (TPSA) is 41.6 Å². The van der Waals surface area contributed by atoms with E-state index in [1.807, 2.05) is 11.9 Å². The summed E-state index contributed by atoms with van der Waals surface area (Å²) in [6, 6.07) is 0. The van der Waals surface area contributed by atoms with Crippen LogP contribution in [0.15, 0.2) is 0 Å². The molecule has 2 aliphatic rings. The van der Waals surface area contributed by atoms with Gasteiger partial charge in [-0.1, -0.05) is 0 Å². The number of rotatable bonds is 5. The Morgan fingerprint density at radius 2 is 2.06 bits per heavy atom. The van der Waals surface area contributed by atoms with Crippen molar-refractivity contribution in [1.82, 2.24) is 10.2 Å². The van der Waals surface area contributed by atoms with E-state index in [0.717, 1.165) is 58.0 Å². The molecular formula is C14H26N2O2. The molecule has 0 saturated carbocycles. The smallest absolute Gasteiger partial charge is 0.222 e. The van der Waals surface area contributed by atoms with Crippen LogP contribution in [0.25, 0.3) is 0 Å². The lowest BCUT2D eigenvalue weighted by atomic mass is 9.93. The Hall–Kier alpha value is -0.610. The van der Waals surface area contributed by atoms with Gasteiger partial charge in [0.2, 0.25) is 5.91 Å². The van der Waals surface area contributed by atoms with Gasteiger partial charge in [0.15, 0.2) is 0 Å². The Bertz CT molecular complexity index is 259. The number of hydrogen-bond acceptors (Lipinski definition) is 3. The molecule has 18 heavy (non-hydrogen) atoms. The van der Waals surface area contributed by atoms with Crippen LogP contribution in [0.2, 0.25) is 0 Å². The SMILES string of the molecule is CN(CC1CCOC1)C(=O)CCC1CCNCC1. The summed E-state index contributed by atoms with van der Waals surface area (Å²) >= 11 is 0. The predicted molar refractivity (Wildman–Crippen MR) is 71.4 cm³/mol. The Kier molecular flexibility index (Phi) is 5.45. The van der Waals surface area contributed by atoms with Gasteiger partial charge in [0.25, 0.3) is 0 Å². The predicted octanol–water partition coefficient (Wildman–Crippen LogP) is 1.26. The minimum atomic E-state index is 0.306. The highest BCUT2D eigenvalue weighted by atomic mass is 16.5. The quantitative estimate of drug-likeness (QED) is 0.803. The van der Waals surface area contributed by atoms with Crippen LogP contribution in [0.4, 0.5) is 0 Å². The number of piperidine rings is 1. The molecule has 0 aromatic carbocycles. The van der Waals surface area contributed by atoms with Gasteiger partial charge in [-0.15, -0.1) is 0 Å². The van der Waals surface area contributed by atoms with Crippen LogP contribution in [0.1, 0.15) is 32.1 Å². The summed E-state index contributed by atoms with van der Waals surface area (Å²) in [5, 5.41) is 3.36. The maximum atomic E-state index is 12.0. The molecule has 1 atom stereocenters. The van der Waals surface area contributed by atoms with Crippen LogP contribution >= 0.6 is 0 Å². The monoisotopic (exact) mass is 254 g/mol. The van der Waals surface area contributed by atoms with Crippen molar-refractivity contribution < 1.29 is 9.53 Å². The third kappa shape index (κ3) is 4.25. The second kappa shape index (κ2) is 7.10. The summed E-state index contributed by atoms with van der Waals surface area (Å²) in [5.74, 6) is 1.61. The van der Waals surface area contributed by atoms with Gasteiger partial charge < -0.3 is 15.0 Å². The summed E-state index contributed by atoms with van der Waals surface area (Å²) in [5.41, 5.74) is 0. The molecule has 1 N–H and O–H groups in total. The maximum Gasteiger partial charge on any atom is 0.222 e. The molecule has 2 rings (SSSR count). The van der Waals surface area contributed by atoms with Crippen molar-refractivity contribution in [2.24, 2.45) is 11.8 Å². The second-order valence-electron chi connectivity index (χ2n) is 5.74. The molecule has 2 heterocycles. The van der Waals surface area contributed by atoms with E-state index in [1.54, 1.807) is 0 Å². The summed E-state index contributed by atoms with van der Waals surface area (Å²) in [6.07, 6.45) is 5.34. The molecule has 1 unspecified atom stereocenters. The first kappa shape index (κ1) is 13.8. The zero-order chi connectivity index (χ0) is 12.8. The first-order chi connectivity index (χ1) is 8.75. The first-order valence-corrected chi connectivity index (χ1v) is 7.28. The van der Waals surface area contributed by atoms with E-state index in [-0.39, 0.29) is 0 Å². The lowest BCUT2D eigenvalue weighted by molar-refractivity contribution is -0.130. The molecular weight excluding hydrogens is 228 g/mol. The average molecular weight is 254 g/mol. The molecule has 2 fully saturated rings. The first-order valence-electron chi connectivity index (χ1n) is 7.28. The number of nitrogens with one attached hydrogen (secondary N) is 1. The van der Waals surface area contributed by atoms with Crippen molar-refractivity contribution in [2.45, 2.75) is 32.1 Å². The fourth-order valence-electron chi connectivity index (χ4n) is 2.91. The molecule has 104 valence electrons. The third-order valence-electron chi connectivity index (χ3n) is 4.21. The molecule has 4 nitrogen and oxygen atoms in total. The van der Waals surface area contributed by atoms with Crippen LogP contribution in [0.3, 0.4) is 0 Å². The third-order valence-corrected chi connectivity index (χ3v) is 4.21. The maximum absolute atomic E-state index is 12.0. The van der Waals surface area contributed by atoms with Gasteiger partial charge in [-0.2, -0.15) is 0 Å². The molecule has 2 aliphatic heterocycles. The van der Waals surface area contributed by atoms with E-state index in [9.17, 15) is 4.79 Å². The summed E-state index contributed by atoms with van der Waals surface area (Å²) in [4.78, 5) is 13.9. The Morgan fingerprint density at radius 3 is 2.72 bits per heavy atom. The van der Waals surface area contributed by atoms with E-state index < -0.39 is 0 Å². The number of ether oxygens (including phenoxy) is 1. The molecule has 1 amide bonds. The summed E-state index contributed by atoms with van der Waals surface area (Å²) in [6.45, 7) is 4.79. The molecule has 0 bridgehead atoms. The van der Waals surface area contributed by atoms with Crippen molar-refractivity contribution in [1.29, 1.82) is 0 Å². The van der Waals surface area contributed by atoms with Gasteiger partial charge >= 0.3 is 0 Å². The van der Waals surface area contributed by atoms with E-state index in [2.05, 4.69) is 5.32 Å². The number of hydrogen-bond donors (Lipinski definition) is 1. The molecule has 0 aliphatic carbocycles. The minimum absolute atomic E-state index is 0.306. The van der Waals surface area contributed by atoms with Crippen molar-refractivity contribution in [2.75, 3.05) is 39.9 Å². The van der Waals surface area contributed by atoms with E-state index in [0.29, 0.717) is 11.8 Å². The van der Waals surface area contributed by atoms with Gasteiger partial charge in [0.05, 0.1) is 6.61 Å². The number of carbonyl (C=O) groups excluding carboxylic acids is 1. The minimum Gasteiger partial charge on any atom is -0.381 e. The molecule has 0 aromatic rings. The highest BCUT2D eigenvalue weighted by Gasteiger charge is 2.21. The van der Waals surface area contributed by atoms with Gasteiger partial charge in [0.1, 0.15) is 0 Å². The zero-order valence-electron chi connectivity index (χ0n) is 11.5. The average Bonchev–Trinajstić information content (AvgIpc) is 2.90. The standard InChI is InChI=1S/C14H26N2O2/c1-16(10-13-6-9-18-11-13)14(17)3-2-12-4-7-15-8-5-12/h12-13,15H,2-11H2,1H3. The molecule has 0 radical (unpaired) electrons. The summed E-state index contributed by atoms with van der Waals surface area (Å²) < 4.78 is 5.35. The highest BCUT2D eigenvalue weighted by Crippen LogP contribution is 2.19. The van der Waals surface area contributed by atoms with Crippen molar-refractivity contribution in [3.63, 3.8) is 0 Å². The zero-order valence-corrected chi connectivity index (χ0v) is 11.5. The van der Waals surface area contributed by atoms with E-state index in [1.165, 1.54) is 12.8 Å². The fourth-order valence-corrected chi connectivity index (χ4v) is 2.91. The van der Waals surface area contributed by atoms with Gasteiger partial charge in [-0.25, -0.2) is 0 Å². The molecule has 0 spiro atoms. The number of nitrogens with zero attached hydrogens (tertiary/aromatic N) is 1. The largest absolute Gasteiger partial charge is 0.381 e. The van der Waals surface area contributed by atoms with Crippen molar-refractivity contribution in [3.8, 4) is 0 Å². The van der Waals surface area contributed by atoms with E-state index >= 15 is 0 Å². The lowest BCUT2D eigenvalue weighted by Crippen LogP contribution is -2.33. The molecule has 2 saturated heterocycles. The summed E-state index contributed by atoms with van der Waals surface area (Å²) in [7, 11) is 1.93. The lowest BCUT2D eigenvalue weighted by Gasteiger charge is -2.24. The Balaban J connectivity index is 1.63. The molecule has 0 aromatic heterocycles. The number of amides is 1. The van der Waals surface area contributed by atoms with Gasteiger partial charge in [-0.05, 0) is 44.7 Å². The molecule has 4 heteroatoms. The Labute approximate surface area is 110 Å². The highest BCUT2D eigenvalue weighted by molar-refractivity contribution is 5.75. The Morgan fingerprint density at radius 1 is 1.28 bits per heavy atom. The van der Waals surface area contributed by atoms with E-state index in [4.69, 9.17) is 4.74 Å². The van der Waals surface area contributed by atoms with Gasteiger partial charge in [0, 0.05) is 32.5 Å². The van der Waals surface area contributed by atoms with Crippen LogP contribution < -0.4 is 5.32 Å². The van der Waals surface area contributed by atoms with Crippen LogP contribution in [0.5, 0.6) is 0 Å². The van der Waals surface area contributed by atoms with Crippen LogP contribution in [0, 0.1) is 11.8 Å². The van der Waals surface area contributed by atoms with Gasteiger partial charge in [-0.3, -0.25) is 4.79 Å². The normalized spacial score (nSPS) is 25.3. The fraction of sp³-hybridized carbons (Fsp3) is 0.929.